The van der Waals surface area contributed by atoms with E-state index in [-0.39, 0.29) is 24.5 Å². The summed E-state index contributed by atoms with van der Waals surface area (Å²) < 4.78 is 17.0. The largest absolute Gasteiger partial charge is 0.497 e. The average Bonchev–Trinajstić information content (AvgIpc) is 3.20. The Balaban J connectivity index is 1.53. The van der Waals surface area contributed by atoms with E-state index in [0.29, 0.717) is 21.6 Å². The molecule has 0 saturated carbocycles. The minimum absolute atomic E-state index is 0.0809. The molecule has 0 aliphatic heterocycles. The number of fused-ring (bicyclic) bond motifs is 1. The van der Waals surface area contributed by atoms with Gasteiger partial charge >= 0.3 is 5.97 Å². The first kappa shape index (κ1) is 21.8. The summed E-state index contributed by atoms with van der Waals surface area (Å²) >= 11 is 12.0. The summed E-state index contributed by atoms with van der Waals surface area (Å²) in [6, 6.07) is 15.1. The van der Waals surface area contributed by atoms with Gasteiger partial charge in [0.05, 0.1) is 33.8 Å². The van der Waals surface area contributed by atoms with Crippen molar-refractivity contribution in [1.29, 1.82) is 0 Å². The molecular formula is C23H18Cl2N2O5. The van der Waals surface area contributed by atoms with Gasteiger partial charge in [0.2, 0.25) is 0 Å². The highest BCUT2D eigenvalue weighted by molar-refractivity contribution is 6.42. The number of carboxylic acid groups (broad SMARTS) is 1. The second kappa shape index (κ2) is 9.38. The third-order valence-electron chi connectivity index (χ3n) is 4.67. The Morgan fingerprint density at radius 1 is 0.969 bits per heavy atom. The second-order valence-electron chi connectivity index (χ2n) is 6.86. The molecule has 0 aliphatic rings. The van der Waals surface area contributed by atoms with Crippen LogP contribution in [0.1, 0.15) is 21.7 Å². The molecule has 0 aliphatic carbocycles. The summed E-state index contributed by atoms with van der Waals surface area (Å²) in [5, 5.41) is 10.2. The van der Waals surface area contributed by atoms with Crippen LogP contribution in [-0.4, -0.2) is 28.2 Å². The number of halogens is 2. The molecule has 4 rings (SSSR count). The summed E-state index contributed by atoms with van der Waals surface area (Å²) in [6.45, 7) is 0.285. The Morgan fingerprint density at radius 2 is 1.78 bits per heavy atom. The number of hydrogen-bond donors (Lipinski definition) is 2. The third kappa shape index (κ3) is 4.90. The van der Waals surface area contributed by atoms with Crippen molar-refractivity contribution >= 4 is 40.2 Å². The highest BCUT2D eigenvalue weighted by Gasteiger charge is 2.13. The zero-order chi connectivity index (χ0) is 22.7. The summed E-state index contributed by atoms with van der Waals surface area (Å²) in [4.78, 5) is 19.1. The van der Waals surface area contributed by atoms with E-state index in [0.717, 1.165) is 22.3 Å². The van der Waals surface area contributed by atoms with Gasteiger partial charge in [-0.2, -0.15) is 0 Å². The van der Waals surface area contributed by atoms with Crippen LogP contribution in [0.15, 0.2) is 54.6 Å². The number of imidazole rings is 1. The molecule has 0 atom stereocenters. The van der Waals surface area contributed by atoms with Crippen LogP contribution < -0.4 is 14.2 Å². The van der Waals surface area contributed by atoms with Crippen molar-refractivity contribution < 1.29 is 24.1 Å². The molecule has 0 unspecified atom stereocenters. The van der Waals surface area contributed by atoms with Crippen LogP contribution in [0.2, 0.25) is 10.0 Å². The first-order valence-electron chi connectivity index (χ1n) is 9.52. The molecule has 1 aromatic heterocycles. The molecule has 0 amide bonds. The van der Waals surface area contributed by atoms with Crippen LogP contribution in [0.25, 0.3) is 11.0 Å². The summed E-state index contributed by atoms with van der Waals surface area (Å²) in [6.07, 6.45) is 0. The lowest BCUT2D eigenvalue weighted by Crippen LogP contribution is -2.04. The van der Waals surface area contributed by atoms with Gasteiger partial charge in [-0.3, -0.25) is 0 Å². The number of carboxylic acids is 1. The topological polar surface area (TPSA) is 93.7 Å². The minimum Gasteiger partial charge on any atom is -0.497 e. The number of aromatic nitrogens is 2. The molecule has 0 spiro atoms. The van der Waals surface area contributed by atoms with Gasteiger partial charge in [0.1, 0.15) is 24.8 Å². The Morgan fingerprint density at radius 3 is 2.53 bits per heavy atom. The highest BCUT2D eigenvalue weighted by Crippen LogP contribution is 2.31. The molecule has 164 valence electrons. The van der Waals surface area contributed by atoms with Gasteiger partial charge in [-0.05, 0) is 48.0 Å². The van der Waals surface area contributed by atoms with Crippen molar-refractivity contribution in [3.63, 3.8) is 0 Å². The highest BCUT2D eigenvalue weighted by atomic mass is 35.5. The molecule has 2 N–H and O–H groups in total. The standard InChI is InChI=1S/C23H18Cl2N2O5/c1-30-15-4-6-18-19(10-15)27-22(26-18)12-32-20-7-3-14(23(28)29)9-21(20)31-11-13-2-5-16(24)17(25)8-13/h2-10H,11-12H2,1H3,(H,26,27)(H,28,29). The molecule has 4 aromatic rings. The molecule has 0 fully saturated rings. The molecule has 0 radical (unpaired) electrons. The molecule has 7 nitrogen and oxygen atoms in total. The van der Waals surface area contributed by atoms with Gasteiger partial charge in [0.15, 0.2) is 11.5 Å². The van der Waals surface area contributed by atoms with Crippen LogP contribution >= 0.6 is 23.2 Å². The van der Waals surface area contributed by atoms with Gasteiger partial charge in [-0.1, -0.05) is 29.3 Å². The number of methoxy groups -OCH3 is 1. The first-order valence-corrected chi connectivity index (χ1v) is 10.3. The van der Waals surface area contributed by atoms with Crippen LogP contribution in [0.3, 0.4) is 0 Å². The smallest absolute Gasteiger partial charge is 0.335 e. The van der Waals surface area contributed by atoms with Crippen LogP contribution in [0.5, 0.6) is 17.2 Å². The molecule has 9 heteroatoms. The quantitative estimate of drug-likeness (QED) is 0.339. The summed E-state index contributed by atoms with van der Waals surface area (Å²) in [5.41, 5.74) is 2.46. The van der Waals surface area contributed by atoms with E-state index in [2.05, 4.69) is 9.97 Å². The predicted molar refractivity (Wildman–Crippen MR) is 121 cm³/mol. The second-order valence-corrected chi connectivity index (χ2v) is 7.67. The number of hydrogen-bond acceptors (Lipinski definition) is 5. The monoisotopic (exact) mass is 472 g/mol. The molecule has 0 saturated heterocycles. The van der Waals surface area contributed by atoms with Crippen molar-refractivity contribution in [2.75, 3.05) is 7.11 Å². The minimum atomic E-state index is -1.07. The van der Waals surface area contributed by atoms with Crippen molar-refractivity contribution in [3.8, 4) is 17.2 Å². The first-order chi connectivity index (χ1) is 15.4. The van der Waals surface area contributed by atoms with Crippen molar-refractivity contribution in [2.24, 2.45) is 0 Å². The third-order valence-corrected chi connectivity index (χ3v) is 5.41. The number of nitrogens with zero attached hydrogens (tertiary/aromatic N) is 1. The number of benzene rings is 3. The lowest BCUT2D eigenvalue weighted by atomic mass is 10.2. The lowest BCUT2D eigenvalue weighted by Gasteiger charge is -2.13. The Kier molecular flexibility index (Phi) is 6.39. The normalized spacial score (nSPS) is 10.8. The maximum atomic E-state index is 11.4. The van der Waals surface area contributed by atoms with E-state index in [1.165, 1.54) is 12.1 Å². The van der Waals surface area contributed by atoms with Gasteiger partial charge < -0.3 is 24.3 Å². The van der Waals surface area contributed by atoms with Crippen molar-refractivity contribution in [2.45, 2.75) is 13.2 Å². The van der Waals surface area contributed by atoms with E-state index >= 15 is 0 Å². The average molecular weight is 473 g/mol. The van der Waals surface area contributed by atoms with Gasteiger partial charge in [-0.15, -0.1) is 0 Å². The van der Waals surface area contributed by atoms with Crippen LogP contribution in [0.4, 0.5) is 0 Å². The van der Waals surface area contributed by atoms with Gasteiger partial charge in [-0.25, -0.2) is 9.78 Å². The number of aromatic amines is 1. The zero-order valence-corrected chi connectivity index (χ0v) is 18.4. The number of aromatic carboxylic acids is 1. The molecule has 3 aromatic carbocycles. The SMILES string of the molecule is COc1ccc2nc(COc3ccc(C(=O)O)cc3OCc3ccc(Cl)c(Cl)c3)[nH]c2c1. The fraction of sp³-hybridized carbons (Fsp3) is 0.130. The summed E-state index contributed by atoms with van der Waals surface area (Å²) in [7, 11) is 1.60. The predicted octanol–water partition coefficient (Wildman–Crippen LogP) is 5.73. The van der Waals surface area contributed by atoms with Gasteiger partial charge in [0.25, 0.3) is 0 Å². The Labute approximate surface area is 193 Å². The van der Waals surface area contributed by atoms with Crippen molar-refractivity contribution in [1.82, 2.24) is 9.97 Å². The van der Waals surface area contributed by atoms with E-state index in [1.54, 1.807) is 31.4 Å². The lowest BCUT2D eigenvalue weighted by molar-refractivity contribution is 0.0696. The van der Waals surface area contributed by atoms with Crippen molar-refractivity contribution in [3.05, 3.63) is 81.6 Å². The number of nitrogens with one attached hydrogen (secondary N) is 1. The molecule has 0 bridgehead atoms. The van der Waals surface area contributed by atoms with Gasteiger partial charge in [0, 0.05) is 6.07 Å². The van der Waals surface area contributed by atoms with Crippen LogP contribution in [-0.2, 0) is 13.2 Å². The van der Waals surface area contributed by atoms with E-state index in [1.807, 2.05) is 18.2 Å². The molecular weight excluding hydrogens is 455 g/mol. The van der Waals surface area contributed by atoms with E-state index in [4.69, 9.17) is 37.4 Å². The van der Waals surface area contributed by atoms with E-state index < -0.39 is 5.97 Å². The maximum Gasteiger partial charge on any atom is 0.335 e. The Hall–Kier alpha value is -3.42. The van der Waals surface area contributed by atoms with Crippen LogP contribution in [0, 0.1) is 0 Å². The Bertz CT molecular complexity index is 1290. The summed E-state index contributed by atoms with van der Waals surface area (Å²) in [5.74, 6) is 0.922. The fourth-order valence-electron chi connectivity index (χ4n) is 3.05. The molecule has 1 heterocycles. The number of rotatable bonds is 8. The molecule has 32 heavy (non-hydrogen) atoms. The number of carbonyl (C=O) groups is 1. The number of H-pyrrole nitrogens is 1. The zero-order valence-electron chi connectivity index (χ0n) is 16.9. The van der Waals surface area contributed by atoms with E-state index in [9.17, 15) is 9.90 Å². The number of ether oxygens (including phenoxy) is 3. The maximum absolute atomic E-state index is 11.4. The fourth-order valence-corrected chi connectivity index (χ4v) is 3.37.